The molecule has 0 saturated carbocycles. The van der Waals surface area contributed by atoms with Gasteiger partial charge < -0.3 is 4.98 Å². The molecule has 4 nitrogen and oxygen atoms in total. The molecule has 1 N–H and O–H groups in total. The number of halogens is 1. The van der Waals surface area contributed by atoms with Crippen molar-refractivity contribution >= 4 is 45.3 Å². The lowest BCUT2D eigenvalue weighted by Crippen LogP contribution is -2.07. The summed E-state index contributed by atoms with van der Waals surface area (Å²) < 4.78 is 0. The molecule has 6 heteroatoms. The highest BCUT2D eigenvalue weighted by atomic mass is 35.5. The number of hydrogen-bond donors (Lipinski definition) is 1. The fraction of sp³-hybridized carbons (Fsp3) is 0.0800. The number of fused-ring (bicyclic) bond motifs is 2. The summed E-state index contributed by atoms with van der Waals surface area (Å²) in [6, 6.07) is 21.4. The van der Waals surface area contributed by atoms with Crippen molar-refractivity contribution in [2.24, 2.45) is 0 Å². The lowest BCUT2D eigenvalue weighted by molar-refractivity contribution is 1.22. The number of aromatic amines is 1. The molecule has 2 aromatic carbocycles. The Balaban J connectivity index is 1.93. The molecular formula is C25H18ClN3OS. The minimum atomic E-state index is -0.165. The molecular weight excluding hydrogens is 426 g/mol. The lowest BCUT2D eigenvalue weighted by atomic mass is 9.92. The maximum atomic E-state index is 12.0. The van der Waals surface area contributed by atoms with E-state index in [1.807, 2.05) is 54.6 Å². The first kappa shape index (κ1) is 19.8. The van der Waals surface area contributed by atoms with E-state index >= 15 is 0 Å². The van der Waals surface area contributed by atoms with Crippen molar-refractivity contribution in [3.05, 3.63) is 93.9 Å². The maximum Gasteiger partial charge on any atom is 0.249 e. The molecule has 0 fully saturated rings. The van der Waals surface area contributed by atoms with Crippen LogP contribution < -0.4 is 5.56 Å². The second-order valence-corrected chi connectivity index (χ2v) is 8.50. The smallest absolute Gasteiger partial charge is 0.249 e. The Bertz CT molecular complexity index is 1480. The second-order valence-electron chi connectivity index (χ2n) is 7.23. The summed E-state index contributed by atoms with van der Waals surface area (Å²) in [4.78, 5) is 24.3. The van der Waals surface area contributed by atoms with Gasteiger partial charge in [0.1, 0.15) is 5.65 Å². The van der Waals surface area contributed by atoms with E-state index in [1.54, 1.807) is 24.0 Å². The summed E-state index contributed by atoms with van der Waals surface area (Å²) >= 11 is 8.37. The van der Waals surface area contributed by atoms with Crippen LogP contribution in [0.4, 0.5) is 0 Å². The van der Waals surface area contributed by atoms with Crippen molar-refractivity contribution in [3.63, 3.8) is 0 Å². The van der Waals surface area contributed by atoms with E-state index in [4.69, 9.17) is 16.6 Å². The minimum absolute atomic E-state index is 0.165. The molecule has 0 atom stereocenters. The molecule has 152 valence electrons. The van der Waals surface area contributed by atoms with Crippen molar-refractivity contribution in [2.45, 2.75) is 5.75 Å². The molecule has 0 bridgehead atoms. The predicted molar refractivity (Wildman–Crippen MR) is 131 cm³/mol. The van der Waals surface area contributed by atoms with Gasteiger partial charge in [-0.25, -0.2) is 4.98 Å². The summed E-state index contributed by atoms with van der Waals surface area (Å²) in [5, 5.41) is 2.51. The van der Waals surface area contributed by atoms with Crippen LogP contribution in [-0.4, -0.2) is 21.2 Å². The first-order valence-corrected chi connectivity index (χ1v) is 11.6. The quantitative estimate of drug-likeness (QED) is 0.353. The van der Waals surface area contributed by atoms with Gasteiger partial charge in [0.2, 0.25) is 5.56 Å². The van der Waals surface area contributed by atoms with Gasteiger partial charge in [0, 0.05) is 39.9 Å². The molecule has 31 heavy (non-hydrogen) atoms. The van der Waals surface area contributed by atoms with Gasteiger partial charge in [-0.15, -0.1) is 0 Å². The van der Waals surface area contributed by atoms with E-state index < -0.39 is 0 Å². The van der Waals surface area contributed by atoms with Gasteiger partial charge in [-0.3, -0.25) is 9.78 Å². The lowest BCUT2D eigenvalue weighted by Gasteiger charge is -2.18. The predicted octanol–water partition coefficient (Wildman–Crippen LogP) is 6.32. The molecule has 0 spiro atoms. The number of thioether (sulfide) groups is 1. The monoisotopic (exact) mass is 443 g/mol. The highest BCUT2D eigenvalue weighted by Gasteiger charge is 2.19. The molecule has 5 aromatic rings. The number of nitrogens with one attached hydrogen (secondary N) is 1. The SMILES string of the molecule is CSCc1c(-c2cc(Cl)c3ncccc3c2)c(-c2ccccc2)nc2[nH]c(=O)ccc12. The van der Waals surface area contributed by atoms with Crippen LogP contribution in [0.25, 0.3) is 44.3 Å². The second kappa shape index (κ2) is 8.17. The van der Waals surface area contributed by atoms with E-state index in [0.29, 0.717) is 10.7 Å². The van der Waals surface area contributed by atoms with Crippen LogP contribution in [0.15, 0.2) is 77.7 Å². The Morgan fingerprint density at radius 3 is 2.65 bits per heavy atom. The van der Waals surface area contributed by atoms with Gasteiger partial charge in [-0.05, 0) is 41.6 Å². The Morgan fingerprint density at radius 1 is 1.00 bits per heavy atom. The van der Waals surface area contributed by atoms with Gasteiger partial charge in [-0.2, -0.15) is 11.8 Å². The Labute approximate surface area is 188 Å². The van der Waals surface area contributed by atoms with Gasteiger partial charge in [0.05, 0.1) is 16.2 Å². The number of hydrogen-bond acceptors (Lipinski definition) is 4. The van der Waals surface area contributed by atoms with E-state index in [-0.39, 0.29) is 5.56 Å². The third-order valence-corrected chi connectivity index (χ3v) is 6.13. The zero-order chi connectivity index (χ0) is 21.4. The van der Waals surface area contributed by atoms with Crippen LogP contribution >= 0.6 is 23.4 Å². The number of benzene rings is 2. The van der Waals surface area contributed by atoms with E-state index in [1.165, 1.54) is 0 Å². The average molecular weight is 444 g/mol. The van der Waals surface area contributed by atoms with Crippen LogP contribution in [0.5, 0.6) is 0 Å². The molecule has 0 aliphatic heterocycles. The van der Waals surface area contributed by atoms with Gasteiger partial charge in [0.15, 0.2) is 0 Å². The normalized spacial score (nSPS) is 11.3. The third-order valence-electron chi connectivity index (χ3n) is 5.27. The average Bonchev–Trinajstić information content (AvgIpc) is 2.79. The standard InChI is InChI=1S/C25H18ClN3OS/c1-31-14-19-18-9-10-21(30)28-25(18)29-24(15-6-3-2-4-7-15)22(19)17-12-16-8-5-11-27-23(16)20(26)13-17/h2-13H,14H2,1H3,(H,28,29,30). The molecule has 3 heterocycles. The molecule has 0 saturated heterocycles. The third kappa shape index (κ3) is 3.60. The Morgan fingerprint density at radius 2 is 1.84 bits per heavy atom. The maximum absolute atomic E-state index is 12.0. The van der Waals surface area contributed by atoms with Crippen molar-refractivity contribution in [1.82, 2.24) is 15.0 Å². The zero-order valence-electron chi connectivity index (χ0n) is 16.7. The fourth-order valence-electron chi connectivity index (χ4n) is 3.94. The highest BCUT2D eigenvalue weighted by Crippen LogP contribution is 2.40. The zero-order valence-corrected chi connectivity index (χ0v) is 18.3. The van der Waals surface area contributed by atoms with E-state index in [9.17, 15) is 4.79 Å². The highest BCUT2D eigenvalue weighted by molar-refractivity contribution is 7.97. The Hall–Kier alpha value is -3.15. The van der Waals surface area contributed by atoms with E-state index in [0.717, 1.165) is 50.0 Å². The first-order chi connectivity index (χ1) is 15.2. The number of pyridine rings is 3. The number of aromatic nitrogens is 3. The van der Waals surface area contributed by atoms with Crippen LogP contribution in [0.2, 0.25) is 5.02 Å². The fourth-order valence-corrected chi connectivity index (χ4v) is 4.81. The van der Waals surface area contributed by atoms with Crippen molar-refractivity contribution < 1.29 is 0 Å². The van der Waals surface area contributed by atoms with E-state index in [2.05, 4.69) is 22.3 Å². The first-order valence-electron chi connectivity index (χ1n) is 9.80. The summed E-state index contributed by atoms with van der Waals surface area (Å²) in [7, 11) is 0. The minimum Gasteiger partial charge on any atom is -0.307 e. The van der Waals surface area contributed by atoms with Crippen LogP contribution in [0.1, 0.15) is 5.56 Å². The van der Waals surface area contributed by atoms with Gasteiger partial charge in [0.25, 0.3) is 0 Å². The topological polar surface area (TPSA) is 58.6 Å². The number of nitrogens with zero attached hydrogens (tertiary/aromatic N) is 2. The van der Waals surface area contributed by atoms with Crippen molar-refractivity contribution in [3.8, 4) is 22.4 Å². The summed E-state index contributed by atoms with van der Waals surface area (Å²) in [6.45, 7) is 0. The van der Waals surface area contributed by atoms with Crippen molar-refractivity contribution in [1.29, 1.82) is 0 Å². The molecule has 0 aliphatic rings. The molecule has 0 amide bonds. The molecule has 5 rings (SSSR count). The molecule has 0 radical (unpaired) electrons. The number of H-pyrrole nitrogens is 1. The van der Waals surface area contributed by atoms with Crippen LogP contribution in [0.3, 0.4) is 0 Å². The molecule has 3 aromatic heterocycles. The largest absolute Gasteiger partial charge is 0.307 e. The Kier molecular flexibility index (Phi) is 5.22. The van der Waals surface area contributed by atoms with Crippen molar-refractivity contribution in [2.75, 3.05) is 6.26 Å². The molecule has 0 aliphatic carbocycles. The summed E-state index contributed by atoms with van der Waals surface area (Å²) in [5.74, 6) is 0.767. The van der Waals surface area contributed by atoms with Crippen LogP contribution in [0, 0.1) is 0 Å². The van der Waals surface area contributed by atoms with Gasteiger partial charge >= 0.3 is 0 Å². The summed E-state index contributed by atoms with van der Waals surface area (Å²) in [6.07, 6.45) is 3.82. The van der Waals surface area contributed by atoms with Crippen LogP contribution in [-0.2, 0) is 5.75 Å². The summed E-state index contributed by atoms with van der Waals surface area (Å²) in [5.41, 5.74) is 6.12. The number of rotatable bonds is 4. The molecule has 0 unspecified atom stereocenters. The van der Waals surface area contributed by atoms with Gasteiger partial charge in [-0.1, -0.05) is 48.0 Å².